The van der Waals surface area contributed by atoms with Crippen LogP contribution in [0, 0.1) is 5.92 Å². The first-order chi connectivity index (χ1) is 12.2. The summed E-state index contributed by atoms with van der Waals surface area (Å²) >= 11 is 0. The van der Waals surface area contributed by atoms with Crippen LogP contribution in [0.1, 0.15) is 117 Å². The molecule has 152 valence electrons. The SMILES string of the molecule is CCCCCCCCCC(CC(CCC)CCCCC)OC(O)CO. The van der Waals surface area contributed by atoms with Crippen molar-refractivity contribution in [2.24, 2.45) is 5.92 Å². The van der Waals surface area contributed by atoms with E-state index in [1.165, 1.54) is 83.5 Å². The van der Waals surface area contributed by atoms with E-state index in [1.54, 1.807) is 0 Å². The molecule has 0 fully saturated rings. The Morgan fingerprint density at radius 3 is 1.84 bits per heavy atom. The van der Waals surface area contributed by atoms with E-state index in [0.29, 0.717) is 5.92 Å². The number of rotatable bonds is 19. The first kappa shape index (κ1) is 24.9. The molecule has 3 unspecified atom stereocenters. The Kier molecular flexibility index (Phi) is 18.6. The lowest BCUT2D eigenvalue weighted by Crippen LogP contribution is -2.27. The minimum absolute atomic E-state index is 0.0935. The molecular weight excluding hydrogens is 312 g/mol. The van der Waals surface area contributed by atoms with Crippen molar-refractivity contribution in [2.75, 3.05) is 6.61 Å². The average molecular weight is 359 g/mol. The van der Waals surface area contributed by atoms with Gasteiger partial charge >= 0.3 is 0 Å². The molecule has 0 amide bonds. The molecule has 0 bridgehead atoms. The van der Waals surface area contributed by atoms with E-state index in [-0.39, 0.29) is 12.7 Å². The van der Waals surface area contributed by atoms with Crippen LogP contribution in [0.15, 0.2) is 0 Å². The van der Waals surface area contributed by atoms with Crippen LogP contribution >= 0.6 is 0 Å². The number of aliphatic hydroxyl groups is 2. The van der Waals surface area contributed by atoms with Crippen LogP contribution in [0.5, 0.6) is 0 Å². The molecule has 0 heterocycles. The highest BCUT2D eigenvalue weighted by Gasteiger charge is 2.19. The summed E-state index contributed by atoms with van der Waals surface area (Å²) in [5, 5.41) is 18.8. The number of hydrogen-bond acceptors (Lipinski definition) is 3. The maximum absolute atomic E-state index is 9.71. The lowest BCUT2D eigenvalue weighted by Gasteiger charge is -2.25. The number of ether oxygens (including phenoxy) is 1. The zero-order chi connectivity index (χ0) is 18.8. The van der Waals surface area contributed by atoms with E-state index in [1.807, 2.05) is 0 Å². The first-order valence-corrected chi connectivity index (χ1v) is 11.1. The molecule has 0 spiro atoms. The molecule has 0 saturated carbocycles. The number of aliphatic hydroxyl groups excluding tert-OH is 2. The fourth-order valence-electron chi connectivity index (χ4n) is 3.68. The fraction of sp³-hybridized carbons (Fsp3) is 1.00. The predicted molar refractivity (Wildman–Crippen MR) is 108 cm³/mol. The second-order valence-electron chi connectivity index (χ2n) is 7.69. The van der Waals surface area contributed by atoms with Crippen molar-refractivity contribution in [3.05, 3.63) is 0 Å². The van der Waals surface area contributed by atoms with E-state index in [2.05, 4.69) is 20.8 Å². The van der Waals surface area contributed by atoms with Gasteiger partial charge in [0.05, 0.1) is 12.7 Å². The monoisotopic (exact) mass is 358 g/mol. The number of hydrogen-bond donors (Lipinski definition) is 2. The van der Waals surface area contributed by atoms with Gasteiger partial charge in [0.25, 0.3) is 0 Å². The summed E-state index contributed by atoms with van der Waals surface area (Å²) in [5.41, 5.74) is 0. The third-order valence-corrected chi connectivity index (χ3v) is 5.14. The normalized spacial score (nSPS) is 15.2. The quantitative estimate of drug-likeness (QED) is 0.213. The van der Waals surface area contributed by atoms with Gasteiger partial charge in [-0.3, -0.25) is 0 Å². The van der Waals surface area contributed by atoms with Crippen LogP contribution in [0.4, 0.5) is 0 Å². The fourth-order valence-corrected chi connectivity index (χ4v) is 3.68. The van der Waals surface area contributed by atoms with E-state index in [4.69, 9.17) is 9.84 Å². The van der Waals surface area contributed by atoms with Crippen molar-refractivity contribution < 1.29 is 14.9 Å². The van der Waals surface area contributed by atoms with Crippen molar-refractivity contribution in [3.8, 4) is 0 Å². The molecule has 3 nitrogen and oxygen atoms in total. The molecule has 0 aliphatic carbocycles. The van der Waals surface area contributed by atoms with E-state index >= 15 is 0 Å². The van der Waals surface area contributed by atoms with Gasteiger partial charge in [0, 0.05) is 0 Å². The summed E-state index contributed by atoms with van der Waals surface area (Å²) in [6.45, 7) is 6.45. The molecule has 3 atom stereocenters. The van der Waals surface area contributed by atoms with E-state index < -0.39 is 6.29 Å². The minimum atomic E-state index is -1.02. The Morgan fingerprint density at radius 1 is 0.680 bits per heavy atom. The van der Waals surface area contributed by atoms with Gasteiger partial charge in [-0.05, 0) is 18.8 Å². The summed E-state index contributed by atoms with van der Waals surface area (Å²) < 4.78 is 5.73. The minimum Gasteiger partial charge on any atom is -0.391 e. The molecule has 0 aromatic carbocycles. The molecule has 0 rings (SSSR count). The average Bonchev–Trinajstić information content (AvgIpc) is 2.61. The van der Waals surface area contributed by atoms with Gasteiger partial charge < -0.3 is 14.9 Å². The molecule has 0 aliphatic heterocycles. The highest BCUT2D eigenvalue weighted by molar-refractivity contribution is 4.68. The Hall–Kier alpha value is -0.120. The smallest absolute Gasteiger partial charge is 0.178 e. The Labute approximate surface area is 157 Å². The maximum Gasteiger partial charge on any atom is 0.178 e. The lowest BCUT2D eigenvalue weighted by atomic mass is 9.89. The van der Waals surface area contributed by atoms with Gasteiger partial charge in [-0.25, -0.2) is 0 Å². The molecule has 25 heavy (non-hydrogen) atoms. The van der Waals surface area contributed by atoms with Gasteiger partial charge in [0.1, 0.15) is 0 Å². The third kappa shape index (κ3) is 15.8. The molecule has 0 saturated heterocycles. The van der Waals surface area contributed by atoms with Gasteiger partial charge in [-0.2, -0.15) is 0 Å². The summed E-state index contributed by atoms with van der Waals surface area (Å²) in [6.07, 6.45) is 17.8. The molecule has 0 aromatic rings. The van der Waals surface area contributed by atoms with E-state index in [9.17, 15) is 5.11 Å². The van der Waals surface area contributed by atoms with Gasteiger partial charge in [0.2, 0.25) is 0 Å². The molecule has 0 radical (unpaired) electrons. The highest BCUT2D eigenvalue weighted by atomic mass is 16.6. The summed E-state index contributed by atoms with van der Waals surface area (Å²) in [4.78, 5) is 0. The summed E-state index contributed by atoms with van der Waals surface area (Å²) in [7, 11) is 0. The van der Waals surface area contributed by atoms with Crippen molar-refractivity contribution in [1.29, 1.82) is 0 Å². The Morgan fingerprint density at radius 2 is 1.24 bits per heavy atom. The molecular formula is C22H46O3. The predicted octanol–water partition coefficient (Wildman–Crippen LogP) is 6.21. The van der Waals surface area contributed by atoms with Crippen LogP contribution in [0.3, 0.4) is 0 Å². The first-order valence-electron chi connectivity index (χ1n) is 11.1. The molecule has 0 aliphatic rings. The summed E-state index contributed by atoms with van der Waals surface area (Å²) in [5.74, 6) is 0.692. The standard InChI is InChI=1S/C22H46O3/c1-4-7-9-10-11-12-14-17-21(25-22(24)19-23)18-20(15-6-3)16-13-8-5-2/h20-24H,4-19H2,1-3H3. The second-order valence-corrected chi connectivity index (χ2v) is 7.69. The third-order valence-electron chi connectivity index (χ3n) is 5.14. The zero-order valence-corrected chi connectivity index (χ0v) is 17.3. The van der Waals surface area contributed by atoms with E-state index in [0.717, 1.165) is 12.8 Å². The van der Waals surface area contributed by atoms with Crippen molar-refractivity contribution in [3.63, 3.8) is 0 Å². The van der Waals surface area contributed by atoms with Crippen molar-refractivity contribution in [1.82, 2.24) is 0 Å². The topological polar surface area (TPSA) is 49.7 Å². The van der Waals surface area contributed by atoms with Crippen molar-refractivity contribution in [2.45, 2.75) is 129 Å². The molecule has 0 aromatic heterocycles. The Balaban J connectivity index is 4.23. The molecule has 2 N–H and O–H groups in total. The van der Waals surface area contributed by atoms with Crippen LogP contribution in [-0.2, 0) is 4.74 Å². The van der Waals surface area contributed by atoms with Crippen LogP contribution < -0.4 is 0 Å². The van der Waals surface area contributed by atoms with Crippen LogP contribution in [0.25, 0.3) is 0 Å². The van der Waals surface area contributed by atoms with Gasteiger partial charge in [0.15, 0.2) is 6.29 Å². The van der Waals surface area contributed by atoms with Gasteiger partial charge in [-0.1, -0.05) is 104 Å². The maximum atomic E-state index is 9.71. The van der Waals surface area contributed by atoms with Crippen LogP contribution in [0.2, 0.25) is 0 Å². The zero-order valence-electron chi connectivity index (χ0n) is 17.3. The second kappa shape index (κ2) is 18.7. The number of unbranched alkanes of at least 4 members (excludes halogenated alkanes) is 8. The molecule has 3 heteroatoms. The van der Waals surface area contributed by atoms with Gasteiger partial charge in [-0.15, -0.1) is 0 Å². The van der Waals surface area contributed by atoms with Crippen LogP contribution in [-0.4, -0.2) is 29.2 Å². The lowest BCUT2D eigenvalue weighted by molar-refractivity contribution is -0.162. The van der Waals surface area contributed by atoms with Crippen molar-refractivity contribution >= 4 is 0 Å². The largest absolute Gasteiger partial charge is 0.391 e. The Bertz CT molecular complexity index is 258. The summed E-state index contributed by atoms with van der Waals surface area (Å²) in [6, 6.07) is 0. The highest BCUT2D eigenvalue weighted by Crippen LogP contribution is 2.25.